The van der Waals surface area contributed by atoms with Gasteiger partial charge in [-0.15, -0.1) is 10.2 Å². The van der Waals surface area contributed by atoms with Gasteiger partial charge in [-0.05, 0) is 81.6 Å². The molecule has 4 N–H and O–H groups in total. The van der Waals surface area contributed by atoms with Crippen molar-refractivity contribution in [1.82, 2.24) is 15.1 Å². The number of piperazine rings is 1. The second-order valence-electron chi connectivity index (χ2n) is 11.1. The van der Waals surface area contributed by atoms with Gasteiger partial charge in [0.25, 0.3) is 0 Å². The van der Waals surface area contributed by atoms with Crippen molar-refractivity contribution in [2.45, 2.75) is 50.7 Å². The van der Waals surface area contributed by atoms with Crippen molar-refractivity contribution < 1.29 is 15.0 Å². The molecule has 0 saturated carbocycles. The van der Waals surface area contributed by atoms with E-state index in [1.54, 1.807) is 12.1 Å². The van der Waals surface area contributed by atoms with E-state index in [4.69, 9.17) is 5.73 Å². The highest BCUT2D eigenvalue weighted by atomic mass is 16.4. The summed E-state index contributed by atoms with van der Waals surface area (Å²) in [6, 6.07) is 19.0. The number of phenolic OH excluding ortho intramolecular Hbond substituents is 1. The number of aromatic nitrogens is 2. The highest BCUT2D eigenvalue weighted by Gasteiger charge is 2.41. The average molecular weight is 529 g/mol. The van der Waals surface area contributed by atoms with Crippen LogP contribution in [0, 0.1) is 5.92 Å². The largest absolute Gasteiger partial charge is 0.507 e. The number of phenols is 1. The number of nitrogens with zero attached hydrogens (tertiary/aromatic N) is 5. The second-order valence-corrected chi connectivity index (χ2v) is 11.1. The maximum atomic E-state index is 11.4. The summed E-state index contributed by atoms with van der Waals surface area (Å²) in [5, 5.41) is 28.2. The highest BCUT2D eigenvalue weighted by molar-refractivity contribution is 5.74. The van der Waals surface area contributed by atoms with Crippen LogP contribution in [-0.2, 0) is 4.79 Å². The number of carbonyl (C=O) groups is 1. The highest BCUT2D eigenvalue weighted by Crippen LogP contribution is 2.40. The number of hydrogen-bond acceptors (Lipinski definition) is 8. The van der Waals surface area contributed by atoms with Gasteiger partial charge in [-0.1, -0.05) is 24.3 Å². The number of benzene rings is 2. The molecule has 0 radical (unpaired) electrons. The first-order valence-electron chi connectivity index (χ1n) is 13.9. The summed E-state index contributed by atoms with van der Waals surface area (Å²) in [4.78, 5) is 18.7. The van der Waals surface area contributed by atoms with Crippen molar-refractivity contribution >= 4 is 23.2 Å². The molecule has 9 nitrogen and oxygen atoms in total. The Bertz CT molecular complexity index is 1340. The lowest BCUT2D eigenvalue weighted by Gasteiger charge is -2.44. The molecule has 3 fully saturated rings. The molecule has 6 rings (SSSR count). The first-order valence-corrected chi connectivity index (χ1v) is 13.9. The number of likely N-dealkylation sites (tertiary alicyclic amines) is 1. The first-order chi connectivity index (χ1) is 18.9. The predicted octanol–water partition coefficient (Wildman–Crippen LogP) is 4.15. The lowest BCUT2D eigenvalue weighted by atomic mass is 9.94. The molecular weight excluding hydrogens is 492 g/mol. The Balaban J connectivity index is 1.19. The number of rotatable bonds is 6. The molecule has 2 aromatic carbocycles. The van der Waals surface area contributed by atoms with Crippen LogP contribution in [0.4, 0.5) is 17.2 Å². The van der Waals surface area contributed by atoms with Gasteiger partial charge in [0.05, 0.1) is 17.3 Å². The van der Waals surface area contributed by atoms with Gasteiger partial charge in [0.1, 0.15) is 5.75 Å². The van der Waals surface area contributed by atoms with Crippen LogP contribution >= 0.6 is 0 Å². The molecule has 3 atom stereocenters. The molecule has 3 aliphatic heterocycles. The fourth-order valence-electron chi connectivity index (χ4n) is 6.68. The van der Waals surface area contributed by atoms with E-state index in [0.717, 1.165) is 44.7 Å². The van der Waals surface area contributed by atoms with Crippen LogP contribution in [0.2, 0.25) is 0 Å². The maximum Gasteiger partial charge on any atom is 0.306 e. The topological polar surface area (TPSA) is 119 Å². The summed E-state index contributed by atoms with van der Waals surface area (Å²) in [6.45, 7) is 5.55. The Morgan fingerprint density at radius 1 is 0.974 bits per heavy atom. The first kappa shape index (κ1) is 25.4. The van der Waals surface area contributed by atoms with E-state index in [2.05, 4.69) is 56.1 Å². The minimum Gasteiger partial charge on any atom is -0.507 e. The van der Waals surface area contributed by atoms with Crippen molar-refractivity contribution in [3.63, 3.8) is 0 Å². The third-order valence-electron chi connectivity index (χ3n) is 8.88. The Labute approximate surface area is 228 Å². The molecule has 4 heterocycles. The SMILES string of the molecule is CC(c1cccc(N2C3CCC2CN(c2cc(-c4ccccc4O)nnc2N)C3)c1)N1CCC(C(=O)O)CC1. The Morgan fingerprint density at radius 2 is 1.69 bits per heavy atom. The molecule has 3 aromatic rings. The van der Waals surface area contributed by atoms with Crippen molar-refractivity contribution in [2.75, 3.05) is 41.7 Å². The smallest absolute Gasteiger partial charge is 0.306 e. The zero-order valence-electron chi connectivity index (χ0n) is 22.3. The summed E-state index contributed by atoms with van der Waals surface area (Å²) < 4.78 is 0. The number of aromatic hydroxyl groups is 1. The third kappa shape index (κ3) is 4.87. The number of anilines is 3. The van der Waals surface area contributed by atoms with Gasteiger partial charge in [-0.25, -0.2) is 0 Å². The molecule has 39 heavy (non-hydrogen) atoms. The van der Waals surface area contributed by atoms with Crippen LogP contribution in [0.25, 0.3) is 11.3 Å². The van der Waals surface area contributed by atoms with Crippen LogP contribution in [0.5, 0.6) is 5.75 Å². The predicted molar refractivity (Wildman–Crippen MR) is 152 cm³/mol. The number of para-hydroxylation sites is 1. The van der Waals surface area contributed by atoms with Gasteiger partial charge in [0, 0.05) is 42.5 Å². The molecule has 9 heteroatoms. The van der Waals surface area contributed by atoms with E-state index in [1.165, 1.54) is 11.3 Å². The zero-order valence-corrected chi connectivity index (χ0v) is 22.3. The van der Waals surface area contributed by atoms with Gasteiger partial charge in [-0.3, -0.25) is 9.69 Å². The van der Waals surface area contributed by atoms with Gasteiger partial charge >= 0.3 is 5.97 Å². The number of nitrogens with two attached hydrogens (primary N) is 1. The summed E-state index contributed by atoms with van der Waals surface area (Å²) in [7, 11) is 0. The van der Waals surface area contributed by atoms with Gasteiger partial charge in [0.2, 0.25) is 0 Å². The Morgan fingerprint density at radius 3 is 2.38 bits per heavy atom. The van der Waals surface area contributed by atoms with E-state index in [-0.39, 0.29) is 17.7 Å². The van der Waals surface area contributed by atoms with Gasteiger partial charge in [0.15, 0.2) is 5.82 Å². The lowest BCUT2D eigenvalue weighted by molar-refractivity contribution is -0.143. The number of carboxylic acids is 1. The van der Waals surface area contributed by atoms with E-state index in [0.29, 0.717) is 42.0 Å². The zero-order chi connectivity index (χ0) is 27.1. The molecule has 2 bridgehead atoms. The van der Waals surface area contributed by atoms with Crippen LogP contribution in [0.1, 0.15) is 44.2 Å². The minimum atomic E-state index is -0.669. The molecule has 204 valence electrons. The minimum absolute atomic E-state index is 0.174. The number of nitrogen functional groups attached to an aromatic ring is 1. The summed E-state index contributed by atoms with van der Waals surface area (Å²) in [5.74, 6) is -0.305. The number of hydrogen-bond donors (Lipinski definition) is 3. The maximum absolute atomic E-state index is 11.4. The third-order valence-corrected chi connectivity index (χ3v) is 8.88. The fourth-order valence-corrected chi connectivity index (χ4v) is 6.68. The monoisotopic (exact) mass is 528 g/mol. The summed E-state index contributed by atoms with van der Waals surface area (Å²) in [5.41, 5.74) is 11.0. The molecule has 3 aliphatic rings. The quantitative estimate of drug-likeness (QED) is 0.433. The molecule has 0 amide bonds. The molecule has 0 spiro atoms. The van der Waals surface area contributed by atoms with Crippen molar-refractivity contribution in [3.8, 4) is 17.0 Å². The summed E-state index contributed by atoms with van der Waals surface area (Å²) in [6.07, 6.45) is 3.66. The van der Waals surface area contributed by atoms with Crippen LogP contribution in [0.3, 0.4) is 0 Å². The lowest BCUT2D eigenvalue weighted by Crippen LogP contribution is -2.54. The molecule has 3 unspecified atom stereocenters. The van der Waals surface area contributed by atoms with Crippen LogP contribution in [-0.4, -0.2) is 69.5 Å². The van der Waals surface area contributed by atoms with E-state index >= 15 is 0 Å². The Kier molecular flexibility index (Phi) is 6.76. The average Bonchev–Trinajstić information content (AvgIpc) is 3.22. The summed E-state index contributed by atoms with van der Waals surface area (Å²) >= 11 is 0. The number of aliphatic carboxylic acids is 1. The normalized spacial score (nSPS) is 22.7. The molecule has 1 aromatic heterocycles. The number of fused-ring (bicyclic) bond motifs is 2. The molecule has 0 aliphatic carbocycles. The van der Waals surface area contributed by atoms with Crippen LogP contribution in [0.15, 0.2) is 54.6 Å². The van der Waals surface area contributed by atoms with Crippen LogP contribution < -0.4 is 15.5 Å². The number of carboxylic acid groups (broad SMARTS) is 1. The van der Waals surface area contributed by atoms with Gasteiger partial charge < -0.3 is 25.7 Å². The van der Waals surface area contributed by atoms with E-state index < -0.39 is 5.97 Å². The molecular formula is C30H36N6O3. The molecule has 3 saturated heterocycles. The van der Waals surface area contributed by atoms with Crippen molar-refractivity contribution in [3.05, 3.63) is 60.2 Å². The van der Waals surface area contributed by atoms with Gasteiger partial charge in [-0.2, -0.15) is 0 Å². The fraction of sp³-hybridized carbons (Fsp3) is 0.433. The van der Waals surface area contributed by atoms with Crippen molar-refractivity contribution in [1.29, 1.82) is 0 Å². The standard InChI is InChI=1S/C30H36N6O3/c1-19(34-13-11-20(12-14-34)30(38)39)21-5-4-6-22(15-21)36-23-9-10-24(36)18-35(17-23)27-16-26(32-33-29(27)31)25-7-2-3-8-28(25)37/h2-8,15-16,19-20,23-24,37H,9-14,17-18H2,1H3,(H2,31,33)(H,38,39). The number of piperidine rings is 1. The Hall–Kier alpha value is -3.85. The van der Waals surface area contributed by atoms with Crippen molar-refractivity contribution in [2.24, 2.45) is 5.92 Å². The van der Waals surface area contributed by atoms with E-state index in [9.17, 15) is 15.0 Å². The second kappa shape index (κ2) is 10.4. The van der Waals surface area contributed by atoms with E-state index in [1.807, 2.05) is 18.2 Å².